The van der Waals surface area contributed by atoms with Crippen LogP contribution < -0.4 is 16.4 Å². The SMILES string of the molecule is C.C/C=C\N=C(Nc1ccc(C(=O)NCCOCCN)c(CC)c1)C(C)=N.CC.CC. The summed E-state index contributed by atoms with van der Waals surface area (Å²) in [5, 5.41) is 13.8. The van der Waals surface area contributed by atoms with Crippen molar-refractivity contribution in [2.75, 3.05) is 31.6 Å². The molecule has 1 aromatic carbocycles. The van der Waals surface area contributed by atoms with Crippen molar-refractivity contribution in [1.82, 2.24) is 5.32 Å². The Morgan fingerprint density at radius 2 is 1.87 bits per heavy atom. The monoisotopic (exact) mass is 435 g/mol. The van der Waals surface area contributed by atoms with E-state index in [2.05, 4.69) is 15.6 Å². The third kappa shape index (κ3) is 14.2. The highest BCUT2D eigenvalue weighted by Crippen LogP contribution is 2.17. The van der Waals surface area contributed by atoms with E-state index in [4.69, 9.17) is 15.9 Å². The second-order valence-corrected chi connectivity index (χ2v) is 5.59. The molecule has 0 spiro atoms. The van der Waals surface area contributed by atoms with E-state index in [1.165, 1.54) is 0 Å². The van der Waals surface area contributed by atoms with Gasteiger partial charge in [0.15, 0.2) is 5.84 Å². The second-order valence-electron chi connectivity index (χ2n) is 5.59. The Bertz CT molecular complexity index is 670. The highest BCUT2D eigenvalue weighted by Gasteiger charge is 2.12. The number of carbonyl (C=O) groups excluding carboxylic acids is 1. The van der Waals surface area contributed by atoms with Gasteiger partial charge in [0.1, 0.15) is 0 Å². The Morgan fingerprint density at radius 3 is 2.39 bits per heavy atom. The molecule has 0 radical (unpaired) electrons. The van der Waals surface area contributed by atoms with E-state index >= 15 is 0 Å². The Kier molecular flexibility index (Phi) is 23.7. The zero-order chi connectivity index (χ0) is 23.4. The summed E-state index contributed by atoms with van der Waals surface area (Å²) in [7, 11) is 0. The van der Waals surface area contributed by atoms with Crippen molar-refractivity contribution >= 4 is 23.1 Å². The average molecular weight is 436 g/mol. The molecule has 1 amide bonds. The van der Waals surface area contributed by atoms with Crippen molar-refractivity contribution in [2.45, 2.75) is 62.3 Å². The molecule has 0 aliphatic carbocycles. The minimum atomic E-state index is -0.129. The van der Waals surface area contributed by atoms with Crippen molar-refractivity contribution < 1.29 is 9.53 Å². The Labute approximate surface area is 190 Å². The highest BCUT2D eigenvalue weighted by molar-refractivity contribution is 6.43. The van der Waals surface area contributed by atoms with Gasteiger partial charge in [-0.3, -0.25) is 4.79 Å². The predicted molar refractivity (Wildman–Crippen MR) is 137 cm³/mol. The van der Waals surface area contributed by atoms with Gasteiger partial charge >= 0.3 is 0 Å². The molecule has 0 bridgehead atoms. The van der Waals surface area contributed by atoms with Crippen LogP contribution in [0.5, 0.6) is 0 Å². The fourth-order valence-electron chi connectivity index (χ4n) is 2.21. The molecule has 0 unspecified atom stereocenters. The van der Waals surface area contributed by atoms with Gasteiger partial charge in [-0.05, 0) is 44.0 Å². The number of rotatable bonds is 10. The third-order valence-corrected chi connectivity index (χ3v) is 3.50. The van der Waals surface area contributed by atoms with Crippen LogP contribution in [0, 0.1) is 5.41 Å². The molecule has 0 aliphatic rings. The molecule has 0 aromatic heterocycles. The van der Waals surface area contributed by atoms with Crippen LogP contribution >= 0.6 is 0 Å². The van der Waals surface area contributed by atoms with Gasteiger partial charge in [0.25, 0.3) is 5.91 Å². The van der Waals surface area contributed by atoms with Crippen LogP contribution in [-0.2, 0) is 11.2 Å². The molecule has 0 fully saturated rings. The first-order valence-electron chi connectivity index (χ1n) is 10.7. The first-order chi connectivity index (χ1) is 14.5. The Balaban J connectivity index is -0.00000148. The number of carbonyl (C=O) groups is 1. The normalized spacial score (nSPS) is 10.1. The molecule has 0 heterocycles. The summed E-state index contributed by atoms with van der Waals surface area (Å²) in [6, 6.07) is 5.50. The van der Waals surface area contributed by atoms with Gasteiger partial charge in [-0.1, -0.05) is 48.1 Å². The van der Waals surface area contributed by atoms with Gasteiger partial charge in [-0.15, -0.1) is 0 Å². The standard InChI is InChI=1S/C19H29N5O2.2C2H6.CH4/c1-4-9-22-18(14(3)21)24-16-6-7-17(15(5-2)13-16)19(25)23-10-12-26-11-8-20;2*1-2;/h4,6-7,9,13,21H,5,8,10-12,20H2,1-3H3,(H,22,24)(H,23,25);2*1-2H3;1H4/b9-4-,21-14?;;;. The summed E-state index contributed by atoms with van der Waals surface area (Å²) in [5.41, 5.74) is 8.03. The van der Waals surface area contributed by atoms with E-state index in [9.17, 15) is 4.79 Å². The minimum Gasteiger partial charge on any atom is -0.378 e. The van der Waals surface area contributed by atoms with Crippen LogP contribution in [0.25, 0.3) is 0 Å². The van der Waals surface area contributed by atoms with E-state index in [1.807, 2.05) is 53.7 Å². The molecule has 7 nitrogen and oxygen atoms in total. The number of allylic oxidation sites excluding steroid dienone is 1. The number of amidine groups is 1. The maximum Gasteiger partial charge on any atom is 0.251 e. The lowest BCUT2D eigenvalue weighted by Gasteiger charge is -2.13. The molecule has 1 aromatic rings. The van der Waals surface area contributed by atoms with Gasteiger partial charge in [0.05, 0.1) is 18.9 Å². The summed E-state index contributed by atoms with van der Waals surface area (Å²) in [6.07, 6.45) is 4.15. The molecule has 0 aliphatic heterocycles. The maximum atomic E-state index is 12.4. The summed E-state index contributed by atoms with van der Waals surface area (Å²) >= 11 is 0. The van der Waals surface area contributed by atoms with E-state index in [0.29, 0.717) is 49.8 Å². The van der Waals surface area contributed by atoms with Crippen LogP contribution in [-0.4, -0.2) is 43.8 Å². The second kappa shape index (κ2) is 22.2. The third-order valence-electron chi connectivity index (χ3n) is 3.50. The lowest BCUT2D eigenvalue weighted by molar-refractivity contribution is 0.0919. The molecule has 1 rings (SSSR count). The fraction of sp³-hybridized carbons (Fsp3) is 0.542. The Hall–Kier alpha value is -2.51. The van der Waals surface area contributed by atoms with E-state index < -0.39 is 0 Å². The molecule has 7 heteroatoms. The first-order valence-corrected chi connectivity index (χ1v) is 10.7. The Morgan fingerprint density at radius 1 is 1.23 bits per heavy atom. The number of hydrogen-bond acceptors (Lipinski definition) is 5. The van der Waals surface area contributed by atoms with Crippen molar-refractivity contribution in [3.05, 3.63) is 41.6 Å². The van der Waals surface area contributed by atoms with Crippen molar-refractivity contribution in [2.24, 2.45) is 10.7 Å². The summed E-state index contributed by atoms with van der Waals surface area (Å²) in [5.74, 6) is 0.343. The van der Waals surface area contributed by atoms with Crippen molar-refractivity contribution in [3.8, 4) is 0 Å². The number of hydrogen-bond donors (Lipinski definition) is 4. The van der Waals surface area contributed by atoms with E-state index in [1.54, 1.807) is 25.3 Å². The summed E-state index contributed by atoms with van der Waals surface area (Å²) in [6.45, 7) is 15.4. The smallest absolute Gasteiger partial charge is 0.251 e. The van der Waals surface area contributed by atoms with Gasteiger partial charge in [-0.25, -0.2) is 4.99 Å². The van der Waals surface area contributed by atoms with Crippen LogP contribution in [0.2, 0.25) is 0 Å². The van der Waals surface area contributed by atoms with Gasteiger partial charge in [-0.2, -0.15) is 0 Å². The van der Waals surface area contributed by atoms with Gasteiger partial charge in [0.2, 0.25) is 0 Å². The molecule has 5 N–H and O–H groups in total. The number of anilines is 1. The number of nitrogens with two attached hydrogens (primary N) is 1. The predicted octanol–water partition coefficient (Wildman–Crippen LogP) is 5.03. The molecular formula is C24H45N5O2. The maximum absolute atomic E-state index is 12.4. The first kappa shape index (κ1) is 33.1. The molecule has 31 heavy (non-hydrogen) atoms. The number of aliphatic imine (C=N–C) groups is 1. The molecule has 0 saturated carbocycles. The van der Waals surface area contributed by atoms with Crippen LogP contribution in [0.3, 0.4) is 0 Å². The fourth-order valence-corrected chi connectivity index (χ4v) is 2.21. The van der Waals surface area contributed by atoms with Gasteiger partial charge in [0, 0.05) is 30.5 Å². The van der Waals surface area contributed by atoms with Gasteiger partial charge < -0.3 is 26.5 Å². The topological polar surface area (TPSA) is 113 Å². The van der Waals surface area contributed by atoms with Crippen molar-refractivity contribution in [3.63, 3.8) is 0 Å². The van der Waals surface area contributed by atoms with Crippen LogP contribution in [0.4, 0.5) is 5.69 Å². The largest absolute Gasteiger partial charge is 0.378 e. The molecule has 0 atom stereocenters. The van der Waals surface area contributed by atoms with Crippen LogP contribution in [0.1, 0.15) is 71.8 Å². The number of benzene rings is 1. The highest BCUT2D eigenvalue weighted by atomic mass is 16.5. The zero-order valence-electron chi connectivity index (χ0n) is 19.8. The number of amides is 1. The quantitative estimate of drug-likeness (QED) is 0.235. The number of nitrogens with zero attached hydrogens (tertiary/aromatic N) is 1. The summed E-state index contributed by atoms with van der Waals surface area (Å²) < 4.78 is 5.25. The minimum absolute atomic E-state index is 0. The average Bonchev–Trinajstić information content (AvgIpc) is 2.78. The summed E-state index contributed by atoms with van der Waals surface area (Å²) in [4.78, 5) is 16.6. The molecule has 0 saturated heterocycles. The lowest BCUT2D eigenvalue weighted by Crippen LogP contribution is -2.28. The molecular weight excluding hydrogens is 390 g/mol. The number of aryl methyl sites for hydroxylation is 1. The lowest BCUT2D eigenvalue weighted by atomic mass is 10.0. The zero-order valence-corrected chi connectivity index (χ0v) is 19.8. The van der Waals surface area contributed by atoms with E-state index in [0.717, 1.165) is 11.3 Å². The molecule has 178 valence electrons. The van der Waals surface area contributed by atoms with Crippen LogP contribution in [0.15, 0.2) is 35.5 Å². The van der Waals surface area contributed by atoms with Crippen molar-refractivity contribution in [1.29, 1.82) is 5.41 Å². The number of ether oxygens (including phenoxy) is 1. The van der Waals surface area contributed by atoms with E-state index in [-0.39, 0.29) is 13.3 Å². The number of nitrogens with one attached hydrogen (secondary N) is 3.